The maximum absolute atomic E-state index is 13.9. The van der Waals surface area contributed by atoms with Gasteiger partial charge < -0.3 is 5.11 Å². The van der Waals surface area contributed by atoms with Crippen LogP contribution in [0.1, 0.15) is 34.8 Å². The summed E-state index contributed by atoms with van der Waals surface area (Å²) in [4.78, 5) is 11.2. The molecule has 1 N–H and O–H groups in total. The molecule has 0 radical (unpaired) electrons. The van der Waals surface area contributed by atoms with Crippen molar-refractivity contribution < 1.29 is 22.7 Å². The zero-order chi connectivity index (χ0) is 23.0. The van der Waals surface area contributed by atoms with Crippen LogP contribution in [0.5, 0.6) is 0 Å². The lowest BCUT2D eigenvalue weighted by molar-refractivity contribution is -0.136. The standard InChI is InChI=1S/C25H20ClFO4S/c1-15-11-18(26)6-8-21(15)16-3-2-4-20(12-16)32(30,31)24-13-17(5-10-25(28)29)23-14-19(27)7-9-22(23)24/h2-4,6-9,11-14,24H,5,10H2,1H3,(H,28,29). The number of aliphatic carboxylic acids is 1. The van der Waals surface area contributed by atoms with Gasteiger partial charge in [0.2, 0.25) is 0 Å². The van der Waals surface area contributed by atoms with Crippen LogP contribution in [0.15, 0.2) is 71.6 Å². The molecule has 1 aliphatic carbocycles. The van der Waals surface area contributed by atoms with E-state index in [1.165, 1.54) is 24.3 Å². The first-order chi connectivity index (χ1) is 15.2. The van der Waals surface area contributed by atoms with Gasteiger partial charge >= 0.3 is 5.97 Å². The first-order valence-corrected chi connectivity index (χ1v) is 11.9. The third kappa shape index (κ3) is 4.20. The molecule has 4 rings (SSSR count). The smallest absolute Gasteiger partial charge is 0.303 e. The Morgan fingerprint density at radius 2 is 1.84 bits per heavy atom. The van der Waals surface area contributed by atoms with E-state index in [2.05, 4.69) is 0 Å². The van der Waals surface area contributed by atoms with Gasteiger partial charge in [-0.25, -0.2) is 12.8 Å². The summed E-state index contributed by atoms with van der Waals surface area (Å²) in [5, 5.41) is 8.62. The molecule has 1 unspecified atom stereocenters. The van der Waals surface area contributed by atoms with E-state index in [4.69, 9.17) is 16.7 Å². The number of sulfone groups is 1. The van der Waals surface area contributed by atoms with Crippen molar-refractivity contribution in [2.45, 2.75) is 29.9 Å². The fourth-order valence-corrected chi connectivity index (χ4v) is 6.03. The van der Waals surface area contributed by atoms with Crippen LogP contribution < -0.4 is 0 Å². The first-order valence-electron chi connectivity index (χ1n) is 9.99. The number of halogens is 2. The highest BCUT2D eigenvalue weighted by Crippen LogP contribution is 2.44. The van der Waals surface area contributed by atoms with E-state index in [9.17, 15) is 17.6 Å². The molecular weight excluding hydrogens is 451 g/mol. The van der Waals surface area contributed by atoms with E-state index < -0.39 is 26.9 Å². The number of carboxylic acids is 1. The largest absolute Gasteiger partial charge is 0.481 e. The summed E-state index contributed by atoms with van der Waals surface area (Å²) < 4.78 is 41.1. The van der Waals surface area contributed by atoms with Gasteiger partial charge in [-0.1, -0.05) is 41.9 Å². The minimum Gasteiger partial charge on any atom is -0.481 e. The number of rotatable bonds is 6. The molecule has 7 heteroatoms. The van der Waals surface area contributed by atoms with Gasteiger partial charge in [0.1, 0.15) is 11.1 Å². The molecule has 0 bridgehead atoms. The summed E-state index contributed by atoms with van der Waals surface area (Å²) in [6.07, 6.45) is 1.50. The van der Waals surface area contributed by atoms with Crippen LogP contribution in [-0.4, -0.2) is 19.5 Å². The third-order valence-corrected chi connectivity index (χ3v) is 7.83. The van der Waals surface area contributed by atoms with Crippen molar-refractivity contribution in [2.24, 2.45) is 0 Å². The Labute approximate surface area is 190 Å². The van der Waals surface area contributed by atoms with Gasteiger partial charge in [-0.05, 0) is 83.1 Å². The first kappa shape index (κ1) is 22.2. The minimum atomic E-state index is -3.86. The summed E-state index contributed by atoms with van der Waals surface area (Å²) in [6.45, 7) is 1.90. The highest BCUT2D eigenvalue weighted by molar-refractivity contribution is 7.91. The van der Waals surface area contributed by atoms with Gasteiger partial charge in [-0.15, -0.1) is 0 Å². The minimum absolute atomic E-state index is 0.127. The van der Waals surface area contributed by atoms with E-state index >= 15 is 0 Å². The predicted octanol–water partition coefficient (Wildman–Crippen LogP) is 6.23. The predicted molar refractivity (Wildman–Crippen MR) is 123 cm³/mol. The second kappa shape index (κ2) is 8.52. The second-order valence-corrected chi connectivity index (χ2v) is 10.3. The molecule has 0 spiro atoms. The Kier molecular flexibility index (Phi) is 5.93. The van der Waals surface area contributed by atoms with E-state index in [1.807, 2.05) is 25.1 Å². The summed E-state index contributed by atoms with van der Waals surface area (Å²) in [5.41, 5.74) is 3.97. The van der Waals surface area contributed by atoms with Gasteiger partial charge in [0.15, 0.2) is 9.84 Å². The molecule has 1 atom stereocenters. The lowest BCUT2D eigenvalue weighted by atomic mass is 10.0. The molecule has 1 aliphatic rings. The highest BCUT2D eigenvalue weighted by atomic mass is 35.5. The Morgan fingerprint density at radius 1 is 1.06 bits per heavy atom. The zero-order valence-corrected chi connectivity index (χ0v) is 18.8. The van der Waals surface area contributed by atoms with Crippen molar-refractivity contribution in [3.05, 3.63) is 94.3 Å². The highest BCUT2D eigenvalue weighted by Gasteiger charge is 2.35. The van der Waals surface area contributed by atoms with Crippen LogP contribution in [0.3, 0.4) is 0 Å². The van der Waals surface area contributed by atoms with Crippen molar-refractivity contribution in [2.75, 3.05) is 0 Å². The van der Waals surface area contributed by atoms with Crippen LogP contribution in [0.4, 0.5) is 4.39 Å². The number of fused-ring (bicyclic) bond motifs is 1. The summed E-state index contributed by atoms with van der Waals surface area (Å²) in [5.74, 6) is -1.50. The molecule has 32 heavy (non-hydrogen) atoms. The molecule has 0 aromatic heterocycles. The number of hydrogen-bond acceptors (Lipinski definition) is 3. The van der Waals surface area contributed by atoms with E-state index in [0.29, 0.717) is 21.7 Å². The molecule has 3 aromatic carbocycles. The van der Waals surface area contributed by atoms with E-state index in [-0.39, 0.29) is 17.7 Å². The van der Waals surface area contributed by atoms with Crippen LogP contribution >= 0.6 is 11.6 Å². The fourth-order valence-electron chi connectivity index (χ4n) is 4.07. The second-order valence-electron chi connectivity index (χ2n) is 7.77. The Morgan fingerprint density at radius 3 is 2.56 bits per heavy atom. The van der Waals surface area contributed by atoms with Crippen LogP contribution in [0.25, 0.3) is 16.7 Å². The van der Waals surface area contributed by atoms with E-state index in [1.54, 1.807) is 24.3 Å². The monoisotopic (exact) mass is 470 g/mol. The molecule has 0 heterocycles. The SMILES string of the molecule is Cc1cc(Cl)ccc1-c1cccc(S(=O)(=O)C2C=C(CCC(=O)O)c3cc(F)ccc32)c1. The molecule has 4 nitrogen and oxygen atoms in total. The van der Waals surface area contributed by atoms with Gasteiger partial charge in [-0.2, -0.15) is 0 Å². The van der Waals surface area contributed by atoms with Crippen molar-refractivity contribution >= 4 is 33.0 Å². The normalized spacial score (nSPS) is 15.3. The summed E-state index contributed by atoms with van der Waals surface area (Å²) in [6, 6.07) is 16.1. The van der Waals surface area contributed by atoms with Crippen LogP contribution in [0.2, 0.25) is 5.02 Å². The van der Waals surface area contributed by atoms with Crippen molar-refractivity contribution in [3.8, 4) is 11.1 Å². The zero-order valence-electron chi connectivity index (χ0n) is 17.2. The van der Waals surface area contributed by atoms with Crippen molar-refractivity contribution in [3.63, 3.8) is 0 Å². The molecular formula is C25H20ClFO4S. The maximum atomic E-state index is 13.9. The Hall–Kier alpha value is -2.96. The molecule has 0 saturated carbocycles. The average Bonchev–Trinajstić information content (AvgIpc) is 3.11. The maximum Gasteiger partial charge on any atom is 0.303 e. The lowest BCUT2D eigenvalue weighted by Gasteiger charge is -2.14. The quantitative estimate of drug-likeness (QED) is 0.463. The molecule has 3 aromatic rings. The number of benzene rings is 3. The van der Waals surface area contributed by atoms with Crippen LogP contribution in [0, 0.1) is 12.7 Å². The van der Waals surface area contributed by atoms with Gasteiger partial charge in [-0.3, -0.25) is 4.79 Å². The van der Waals surface area contributed by atoms with Crippen LogP contribution in [-0.2, 0) is 14.6 Å². The summed E-state index contributed by atoms with van der Waals surface area (Å²) >= 11 is 6.05. The van der Waals surface area contributed by atoms with Crippen molar-refractivity contribution in [1.82, 2.24) is 0 Å². The van der Waals surface area contributed by atoms with Gasteiger partial charge in [0, 0.05) is 11.4 Å². The summed E-state index contributed by atoms with van der Waals surface area (Å²) in [7, 11) is -3.86. The fraction of sp³-hybridized carbons (Fsp3) is 0.160. The van der Waals surface area contributed by atoms with E-state index in [0.717, 1.165) is 16.7 Å². The molecule has 164 valence electrons. The van der Waals surface area contributed by atoms with Gasteiger partial charge in [0.25, 0.3) is 0 Å². The van der Waals surface area contributed by atoms with Gasteiger partial charge in [0.05, 0.1) is 4.90 Å². The number of allylic oxidation sites excluding steroid dienone is 1. The third-order valence-electron chi connectivity index (χ3n) is 5.62. The molecule has 0 saturated heterocycles. The Bertz CT molecular complexity index is 1360. The number of aryl methyl sites for hydroxylation is 1. The lowest BCUT2D eigenvalue weighted by Crippen LogP contribution is -2.11. The molecule has 0 amide bonds. The number of hydrogen-bond donors (Lipinski definition) is 1. The number of carboxylic acid groups (broad SMARTS) is 1. The topological polar surface area (TPSA) is 71.4 Å². The number of carbonyl (C=O) groups is 1. The average molecular weight is 471 g/mol. The Balaban J connectivity index is 1.77. The van der Waals surface area contributed by atoms with Crippen molar-refractivity contribution in [1.29, 1.82) is 0 Å². The molecule has 0 fully saturated rings. The molecule has 0 aliphatic heterocycles.